The molecule has 0 fully saturated rings. The average Bonchev–Trinajstić information content (AvgIpc) is 2.31. The largest absolute Gasteiger partial charge is 0.493 e. The molecular formula is C16H25NO2. The monoisotopic (exact) mass is 263 g/mol. The summed E-state index contributed by atoms with van der Waals surface area (Å²) in [5.74, 6) is 1.35. The van der Waals surface area contributed by atoms with Crippen LogP contribution >= 0.6 is 0 Å². The zero-order valence-corrected chi connectivity index (χ0v) is 12.6. The molecule has 19 heavy (non-hydrogen) atoms. The number of rotatable bonds is 6. The molecular weight excluding hydrogens is 238 g/mol. The normalized spacial score (nSPS) is 12.3. The first-order valence-corrected chi connectivity index (χ1v) is 6.89. The van der Waals surface area contributed by atoms with Gasteiger partial charge >= 0.3 is 0 Å². The van der Waals surface area contributed by atoms with Gasteiger partial charge in [0.25, 0.3) is 0 Å². The number of hydrogen-bond acceptors (Lipinski definition) is 2. The van der Waals surface area contributed by atoms with E-state index < -0.39 is 0 Å². The Hall–Kier alpha value is -1.51. The van der Waals surface area contributed by atoms with Gasteiger partial charge in [0.2, 0.25) is 5.91 Å². The van der Waals surface area contributed by atoms with E-state index in [0.717, 1.165) is 11.3 Å². The minimum Gasteiger partial charge on any atom is -0.493 e. The summed E-state index contributed by atoms with van der Waals surface area (Å²) in [5, 5.41) is 2.97. The van der Waals surface area contributed by atoms with Gasteiger partial charge in [0.15, 0.2) is 0 Å². The highest BCUT2D eigenvalue weighted by Gasteiger charge is 2.10. The molecule has 0 bridgehead atoms. The van der Waals surface area contributed by atoms with Crippen LogP contribution in [0.4, 0.5) is 0 Å². The molecule has 0 saturated heterocycles. The Morgan fingerprint density at radius 3 is 2.53 bits per heavy atom. The van der Waals surface area contributed by atoms with Crippen LogP contribution in [0, 0.1) is 19.8 Å². The predicted octanol–water partition coefficient (Wildman–Crippen LogP) is 3.23. The van der Waals surface area contributed by atoms with Crippen LogP contribution in [0.25, 0.3) is 0 Å². The molecule has 0 radical (unpaired) electrons. The lowest BCUT2D eigenvalue weighted by Gasteiger charge is -2.17. The highest BCUT2D eigenvalue weighted by atomic mass is 16.5. The van der Waals surface area contributed by atoms with Crippen LogP contribution in [-0.4, -0.2) is 18.6 Å². The maximum Gasteiger partial charge on any atom is 0.223 e. The first-order valence-electron chi connectivity index (χ1n) is 6.89. The van der Waals surface area contributed by atoms with E-state index in [-0.39, 0.29) is 11.9 Å². The van der Waals surface area contributed by atoms with E-state index in [4.69, 9.17) is 4.74 Å². The lowest BCUT2D eigenvalue weighted by Crippen LogP contribution is -2.36. The van der Waals surface area contributed by atoms with E-state index in [1.54, 1.807) is 0 Å². The smallest absolute Gasteiger partial charge is 0.223 e. The second kappa shape index (κ2) is 7.17. The summed E-state index contributed by atoms with van der Waals surface area (Å²) < 4.78 is 5.64. The molecule has 1 rings (SSSR count). The Bertz CT molecular complexity index is 427. The fourth-order valence-corrected chi connectivity index (χ4v) is 1.71. The molecule has 1 N–H and O–H groups in total. The molecule has 3 heteroatoms. The van der Waals surface area contributed by atoms with Crippen molar-refractivity contribution < 1.29 is 9.53 Å². The molecule has 3 nitrogen and oxygen atoms in total. The molecule has 106 valence electrons. The fourth-order valence-electron chi connectivity index (χ4n) is 1.71. The van der Waals surface area contributed by atoms with Gasteiger partial charge in [0.1, 0.15) is 5.75 Å². The molecule has 1 aromatic rings. The van der Waals surface area contributed by atoms with E-state index in [0.29, 0.717) is 18.9 Å². The van der Waals surface area contributed by atoms with Crippen LogP contribution in [0.3, 0.4) is 0 Å². The molecule has 1 unspecified atom stereocenters. The summed E-state index contributed by atoms with van der Waals surface area (Å²) in [6, 6.07) is 6.26. The third-order valence-electron chi connectivity index (χ3n) is 3.31. The Balaban J connectivity index is 2.36. The fraction of sp³-hybridized carbons (Fsp3) is 0.562. The van der Waals surface area contributed by atoms with Gasteiger partial charge < -0.3 is 10.1 Å². The van der Waals surface area contributed by atoms with E-state index in [1.165, 1.54) is 5.56 Å². The van der Waals surface area contributed by atoms with Gasteiger partial charge in [-0.15, -0.1) is 0 Å². The number of hydrogen-bond donors (Lipinski definition) is 1. The van der Waals surface area contributed by atoms with Gasteiger partial charge in [-0.05, 0) is 38.3 Å². The molecule has 1 amide bonds. The van der Waals surface area contributed by atoms with E-state index >= 15 is 0 Å². The van der Waals surface area contributed by atoms with Crippen molar-refractivity contribution in [1.29, 1.82) is 0 Å². The highest BCUT2D eigenvalue weighted by molar-refractivity contribution is 5.76. The van der Waals surface area contributed by atoms with Gasteiger partial charge in [-0.3, -0.25) is 4.79 Å². The van der Waals surface area contributed by atoms with E-state index in [2.05, 4.69) is 32.2 Å². The number of benzene rings is 1. The molecule has 0 aliphatic heterocycles. The maximum absolute atomic E-state index is 11.7. The van der Waals surface area contributed by atoms with Gasteiger partial charge in [-0.1, -0.05) is 31.5 Å². The summed E-state index contributed by atoms with van der Waals surface area (Å²) in [6.45, 7) is 10.7. The van der Waals surface area contributed by atoms with Crippen LogP contribution in [0.15, 0.2) is 18.2 Å². The van der Waals surface area contributed by atoms with Crippen molar-refractivity contribution in [3.63, 3.8) is 0 Å². The first-order chi connectivity index (χ1) is 8.90. The molecule has 0 heterocycles. The van der Waals surface area contributed by atoms with E-state index in [9.17, 15) is 4.79 Å². The molecule has 0 aliphatic rings. The average molecular weight is 263 g/mol. The SMILES string of the molecule is Cc1ccc(OCCC(=O)NC(C)C(C)C)c(C)c1. The lowest BCUT2D eigenvalue weighted by molar-refractivity contribution is -0.122. The van der Waals surface area contributed by atoms with Gasteiger partial charge in [-0.25, -0.2) is 0 Å². The van der Waals surface area contributed by atoms with Crippen LogP contribution in [0.2, 0.25) is 0 Å². The topological polar surface area (TPSA) is 38.3 Å². The molecule has 0 aromatic heterocycles. The first kappa shape index (κ1) is 15.5. The zero-order valence-electron chi connectivity index (χ0n) is 12.6. The quantitative estimate of drug-likeness (QED) is 0.855. The number of carbonyl (C=O) groups excluding carboxylic acids is 1. The third-order valence-corrected chi connectivity index (χ3v) is 3.31. The van der Waals surface area contributed by atoms with E-state index in [1.807, 2.05) is 26.0 Å². The third kappa shape index (κ3) is 5.33. The van der Waals surface area contributed by atoms with Crippen LogP contribution < -0.4 is 10.1 Å². The maximum atomic E-state index is 11.7. The molecule has 0 aliphatic carbocycles. The Labute approximate surface area is 116 Å². The van der Waals surface area contributed by atoms with Crippen molar-refractivity contribution in [2.24, 2.45) is 5.92 Å². The Kier molecular flexibility index (Phi) is 5.87. The number of aryl methyl sites for hydroxylation is 2. The minimum atomic E-state index is 0.0472. The van der Waals surface area contributed by atoms with Crippen molar-refractivity contribution in [1.82, 2.24) is 5.32 Å². The van der Waals surface area contributed by atoms with Gasteiger partial charge in [0, 0.05) is 6.04 Å². The second-order valence-corrected chi connectivity index (χ2v) is 5.47. The number of amides is 1. The summed E-state index contributed by atoms with van der Waals surface area (Å²) in [6.07, 6.45) is 0.393. The van der Waals surface area contributed by atoms with Crippen molar-refractivity contribution in [2.75, 3.05) is 6.61 Å². The summed E-state index contributed by atoms with van der Waals surface area (Å²) in [7, 11) is 0. The van der Waals surface area contributed by atoms with Crippen LogP contribution in [0.5, 0.6) is 5.75 Å². The Morgan fingerprint density at radius 2 is 1.95 bits per heavy atom. The summed E-state index contributed by atoms with van der Waals surface area (Å²) >= 11 is 0. The lowest BCUT2D eigenvalue weighted by atomic mass is 10.1. The second-order valence-electron chi connectivity index (χ2n) is 5.47. The van der Waals surface area contributed by atoms with Crippen LogP contribution in [-0.2, 0) is 4.79 Å². The van der Waals surface area contributed by atoms with Gasteiger partial charge in [-0.2, -0.15) is 0 Å². The summed E-state index contributed by atoms with van der Waals surface area (Å²) in [4.78, 5) is 11.7. The standard InChI is InChI=1S/C16H25NO2/c1-11(2)14(5)17-16(18)8-9-19-15-7-6-12(3)10-13(15)4/h6-7,10-11,14H,8-9H2,1-5H3,(H,17,18). The zero-order chi connectivity index (χ0) is 14.4. The van der Waals surface area contributed by atoms with Crippen LogP contribution in [0.1, 0.15) is 38.3 Å². The molecule has 0 spiro atoms. The number of nitrogens with one attached hydrogen (secondary N) is 1. The highest BCUT2D eigenvalue weighted by Crippen LogP contribution is 2.18. The van der Waals surface area contributed by atoms with Crippen molar-refractivity contribution in [3.05, 3.63) is 29.3 Å². The van der Waals surface area contributed by atoms with Crippen molar-refractivity contribution >= 4 is 5.91 Å². The number of ether oxygens (including phenoxy) is 1. The number of carbonyl (C=O) groups is 1. The minimum absolute atomic E-state index is 0.0472. The molecule has 1 atom stereocenters. The predicted molar refractivity (Wildman–Crippen MR) is 78.5 cm³/mol. The molecule has 0 saturated carbocycles. The molecule has 1 aromatic carbocycles. The Morgan fingerprint density at radius 1 is 1.26 bits per heavy atom. The summed E-state index contributed by atoms with van der Waals surface area (Å²) in [5.41, 5.74) is 2.32. The van der Waals surface area contributed by atoms with Crippen molar-refractivity contribution in [3.8, 4) is 5.75 Å². The van der Waals surface area contributed by atoms with Crippen molar-refractivity contribution in [2.45, 2.75) is 47.1 Å². The van der Waals surface area contributed by atoms with Gasteiger partial charge in [0.05, 0.1) is 13.0 Å².